The van der Waals surface area contributed by atoms with Crippen molar-refractivity contribution in [3.8, 4) is 0 Å². The van der Waals surface area contributed by atoms with E-state index in [1.54, 1.807) is 7.11 Å². The maximum Gasteiger partial charge on any atom is 0.168 e. The molecular weight excluding hydrogens is 316 g/mol. The molecule has 0 N–H and O–H groups in total. The summed E-state index contributed by atoms with van der Waals surface area (Å²) in [5.41, 5.74) is 0. The topological polar surface area (TPSA) is 59.3 Å². The summed E-state index contributed by atoms with van der Waals surface area (Å²) in [6.45, 7) is 8.23. The van der Waals surface area contributed by atoms with E-state index in [9.17, 15) is 0 Å². The number of rotatable bonds is 8. The van der Waals surface area contributed by atoms with Gasteiger partial charge in [-0.05, 0) is 29.7 Å². The monoisotopic (exact) mass is 350 g/mol. The zero-order valence-electron chi connectivity index (χ0n) is 15.9. The lowest BCUT2D eigenvalue weighted by atomic mass is 9.93. The highest BCUT2D eigenvalue weighted by Crippen LogP contribution is 2.28. The second-order valence-electron chi connectivity index (χ2n) is 7.42. The van der Waals surface area contributed by atoms with E-state index in [2.05, 4.69) is 32.2 Å². The molecule has 2 fully saturated rings. The van der Waals surface area contributed by atoms with Crippen LogP contribution in [0.5, 0.6) is 0 Å². The SMILES string of the molecule is CCC[C@H](c1nnnn1CCOC)N1CCN(C2CCCCC2)CC1. The van der Waals surface area contributed by atoms with Gasteiger partial charge in [0.25, 0.3) is 0 Å². The minimum Gasteiger partial charge on any atom is -0.383 e. The van der Waals surface area contributed by atoms with Gasteiger partial charge in [0.15, 0.2) is 5.82 Å². The van der Waals surface area contributed by atoms with Crippen LogP contribution in [0.15, 0.2) is 0 Å². The lowest BCUT2D eigenvalue weighted by Crippen LogP contribution is -2.51. The second kappa shape index (κ2) is 9.59. The van der Waals surface area contributed by atoms with Gasteiger partial charge in [-0.2, -0.15) is 0 Å². The van der Waals surface area contributed by atoms with Gasteiger partial charge in [0, 0.05) is 39.3 Å². The fourth-order valence-corrected chi connectivity index (χ4v) is 4.40. The van der Waals surface area contributed by atoms with Gasteiger partial charge in [0.2, 0.25) is 0 Å². The Morgan fingerprint density at radius 3 is 2.56 bits per heavy atom. The first-order valence-corrected chi connectivity index (χ1v) is 10.1. The average Bonchev–Trinajstić information content (AvgIpc) is 3.13. The van der Waals surface area contributed by atoms with Crippen LogP contribution in [-0.2, 0) is 11.3 Å². The maximum atomic E-state index is 5.20. The van der Waals surface area contributed by atoms with Crippen molar-refractivity contribution in [1.82, 2.24) is 30.0 Å². The molecule has 25 heavy (non-hydrogen) atoms. The van der Waals surface area contributed by atoms with E-state index in [-0.39, 0.29) is 0 Å². The van der Waals surface area contributed by atoms with Crippen molar-refractivity contribution in [3.05, 3.63) is 5.82 Å². The molecule has 1 aromatic rings. The molecular formula is C18H34N6O. The van der Waals surface area contributed by atoms with Gasteiger partial charge in [-0.15, -0.1) is 5.10 Å². The summed E-state index contributed by atoms with van der Waals surface area (Å²) in [5, 5.41) is 12.5. The predicted octanol–water partition coefficient (Wildman–Crippen LogP) is 2.11. The van der Waals surface area contributed by atoms with Crippen molar-refractivity contribution < 1.29 is 4.74 Å². The summed E-state index contributed by atoms with van der Waals surface area (Å²) < 4.78 is 7.13. The van der Waals surface area contributed by atoms with Crippen molar-refractivity contribution in [2.45, 2.75) is 70.5 Å². The van der Waals surface area contributed by atoms with Crippen LogP contribution in [0.3, 0.4) is 0 Å². The third-order valence-corrected chi connectivity index (χ3v) is 5.81. The lowest BCUT2D eigenvalue weighted by molar-refractivity contribution is 0.0495. The van der Waals surface area contributed by atoms with Crippen molar-refractivity contribution >= 4 is 0 Å². The molecule has 0 spiro atoms. The third-order valence-electron chi connectivity index (χ3n) is 5.81. The van der Waals surface area contributed by atoms with Crippen LogP contribution in [0.25, 0.3) is 0 Å². The Bertz CT molecular complexity index is 494. The van der Waals surface area contributed by atoms with E-state index in [1.165, 1.54) is 45.2 Å². The van der Waals surface area contributed by atoms with Crippen molar-refractivity contribution in [2.75, 3.05) is 39.9 Å². The second-order valence-corrected chi connectivity index (χ2v) is 7.42. The quantitative estimate of drug-likeness (QED) is 0.716. The lowest BCUT2D eigenvalue weighted by Gasteiger charge is -2.43. The van der Waals surface area contributed by atoms with Crippen LogP contribution in [0.2, 0.25) is 0 Å². The Morgan fingerprint density at radius 1 is 1.12 bits per heavy atom. The molecule has 1 aliphatic heterocycles. The Labute approximate surface area is 151 Å². The number of ether oxygens (including phenoxy) is 1. The summed E-state index contributed by atoms with van der Waals surface area (Å²) in [7, 11) is 1.72. The summed E-state index contributed by atoms with van der Waals surface area (Å²) in [6, 6.07) is 1.15. The van der Waals surface area contributed by atoms with Crippen molar-refractivity contribution in [3.63, 3.8) is 0 Å². The molecule has 0 radical (unpaired) electrons. The number of methoxy groups -OCH3 is 1. The molecule has 1 aromatic heterocycles. The molecule has 0 aromatic carbocycles. The molecule has 1 saturated carbocycles. The van der Waals surface area contributed by atoms with Crippen molar-refractivity contribution in [1.29, 1.82) is 0 Å². The van der Waals surface area contributed by atoms with E-state index in [0.29, 0.717) is 12.6 Å². The van der Waals surface area contributed by atoms with Gasteiger partial charge in [0.05, 0.1) is 19.2 Å². The minimum atomic E-state index is 0.324. The molecule has 142 valence electrons. The highest BCUT2D eigenvalue weighted by Gasteiger charge is 2.31. The van der Waals surface area contributed by atoms with E-state index in [1.807, 2.05) is 4.68 Å². The fraction of sp³-hybridized carbons (Fsp3) is 0.944. The Morgan fingerprint density at radius 2 is 1.88 bits per heavy atom. The number of piperazine rings is 1. The largest absolute Gasteiger partial charge is 0.383 e. The third kappa shape index (κ3) is 4.77. The van der Waals surface area contributed by atoms with Crippen LogP contribution < -0.4 is 0 Å². The number of tetrazole rings is 1. The summed E-state index contributed by atoms with van der Waals surface area (Å²) in [4.78, 5) is 5.32. The molecule has 0 amide bonds. The Hall–Kier alpha value is -1.05. The highest BCUT2D eigenvalue weighted by atomic mass is 16.5. The molecule has 7 heteroatoms. The van der Waals surface area contributed by atoms with Crippen molar-refractivity contribution in [2.24, 2.45) is 0 Å². The van der Waals surface area contributed by atoms with Gasteiger partial charge < -0.3 is 4.74 Å². The first-order chi connectivity index (χ1) is 12.3. The first-order valence-electron chi connectivity index (χ1n) is 10.1. The molecule has 7 nitrogen and oxygen atoms in total. The van der Waals surface area contributed by atoms with E-state index in [0.717, 1.165) is 44.3 Å². The Balaban J connectivity index is 1.61. The molecule has 1 saturated heterocycles. The molecule has 0 unspecified atom stereocenters. The standard InChI is InChI=1S/C18H34N6O/c1-3-7-17(18-19-20-21-24(18)14-15-25-2)23-12-10-22(11-13-23)16-8-5-4-6-9-16/h16-17H,3-15H2,1-2H3/t17-/m1/s1. The fourth-order valence-electron chi connectivity index (χ4n) is 4.40. The van der Waals surface area contributed by atoms with Gasteiger partial charge in [-0.3, -0.25) is 9.80 Å². The molecule has 1 atom stereocenters. The number of aromatic nitrogens is 4. The molecule has 2 heterocycles. The van der Waals surface area contributed by atoms with Gasteiger partial charge in [-0.1, -0.05) is 32.6 Å². The summed E-state index contributed by atoms with van der Waals surface area (Å²) in [6.07, 6.45) is 9.30. The molecule has 1 aliphatic carbocycles. The number of nitrogens with zero attached hydrogens (tertiary/aromatic N) is 6. The zero-order chi connectivity index (χ0) is 17.5. The molecule has 3 rings (SSSR count). The molecule has 2 aliphatic rings. The number of hydrogen-bond donors (Lipinski definition) is 0. The first kappa shape index (κ1) is 18.7. The van der Waals surface area contributed by atoms with Gasteiger partial charge >= 0.3 is 0 Å². The summed E-state index contributed by atoms with van der Waals surface area (Å²) >= 11 is 0. The highest BCUT2D eigenvalue weighted by molar-refractivity contribution is 4.95. The number of hydrogen-bond acceptors (Lipinski definition) is 6. The van der Waals surface area contributed by atoms with E-state index >= 15 is 0 Å². The maximum absolute atomic E-state index is 5.20. The Kier molecular flexibility index (Phi) is 7.19. The van der Waals surface area contributed by atoms with Crippen LogP contribution in [0.4, 0.5) is 0 Å². The van der Waals surface area contributed by atoms with E-state index < -0.39 is 0 Å². The average molecular weight is 351 g/mol. The van der Waals surface area contributed by atoms with Crippen LogP contribution in [0, 0.1) is 0 Å². The van der Waals surface area contributed by atoms with E-state index in [4.69, 9.17) is 4.74 Å². The van der Waals surface area contributed by atoms with Gasteiger partial charge in [0.1, 0.15) is 0 Å². The normalized spacial score (nSPS) is 22.3. The van der Waals surface area contributed by atoms with Crippen LogP contribution in [0.1, 0.15) is 63.7 Å². The van der Waals surface area contributed by atoms with Gasteiger partial charge in [-0.25, -0.2) is 4.68 Å². The summed E-state index contributed by atoms with van der Waals surface area (Å²) in [5.74, 6) is 1.00. The zero-order valence-corrected chi connectivity index (χ0v) is 15.9. The van der Waals surface area contributed by atoms with Crippen LogP contribution >= 0.6 is 0 Å². The minimum absolute atomic E-state index is 0.324. The van der Waals surface area contributed by atoms with Crippen LogP contribution in [-0.4, -0.2) is 75.9 Å². The molecule has 0 bridgehead atoms. The predicted molar refractivity (Wildman–Crippen MR) is 97.4 cm³/mol. The smallest absolute Gasteiger partial charge is 0.168 e.